The number of hydrogen-bond acceptors (Lipinski definition) is 2. The molecule has 1 aromatic carbocycles. The van der Waals surface area contributed by atoms with Crippen molar-refractivity contribution < 1.29 is 9.90 Å². The number of alkyl halides is 1. The summed E-state index contributed by atoms with van der Waals surface area (Å²) in [5.74, 6) is -0.0530. The average molecular weight is 260 g/mol. The molecule has 1 atom stereocenters. The predicted molar refractivity (Wildman–Crippen MR) is 64.0 cm³/mol. The molecular weight excluding hydrogens is 249 g/mol. The fourth-order valence-corrected chi connectivity index (χ4v) is 2.44. The predicted octanol–water partition coefficient (Wildman–Crippen LogP) is 2.18. The minimum Gasteiger partial charge on any atom is -0.392 e. The van der Waals surface area contributed by atoms with E-state index in [1.807, 2.05) is 0 Å². The largest absolute Gasteiger partial charge is 0.392 e. The maximum absolute atomic E-state index is 11.7. The van der Waals surface area contributed by atoms with E-state index in [9.17, 15) is 9.90 Å². The van der Waals surface area contributed by atoms with Crippen LogP contribution in [0.2, 0.25) is 5.02 Å². The van der Waals surface area contributed by atoms with E-state index in [0.29, 0.717) is 29.2 Å². The number of amides is 1. The number of para-hydroxylation sites is 1. The maximum Gasteiger partial charge on any atom is 0.228 e. The fraction of sp³-hybridized carbons (Fsp3) is 0.364. The van der Waals surface area contributed by atoms with Crippen LogP contribution in [0.4, 0.5) is 5.69 Å². The van der Waals surface area contributed by atoms with Gasteiger partial charge >= 0.3 is 0 Å². The molecule has 86 valence electrons. The monoisotopic (exact) mass is 259 g/mol. The highest BCUT2D eigenvalue weighted by Crippen LogP contribution is 2.33. The van der Waals surface area contributed by atoms with Crippen molar-refractivity contribution in [2.24, 2.45) is 0 Å². The van der Waals surface area contributed by atoms with Crippen LogP contribution in [0.25, 0.3) is 0 Å². The Labute approximate surface area is 104 Å². The molecule has 0 saturated carbocycles. The number of anilines is 1. The van der Waals surface area contributed by atoms with Crippen LogP contribution in [0.5, 0.6) is 0 Å². The Morgan fingerprint density at radius 2 is 2.25 bits per heavy atom. The third-order valence-electron chi connectivity index (χ3n) is 2.59. The Morgan fingerprint density at radius 1 is 1.50 bits per heavy atom. The number of rotatable bonds is 2. The zero-order valence-electron chi connectivity index (χ0n) is 8.49. The molecule has 5 heteroatoms. The van der Waals surface area contributed by atoms with Crippen LogP contribution in [-0.2, 0) is 11.4 Å². The lowest BCUT2D eigenvalue weighted by atomic mass is 10.1. The van der Waals surface area contributed by atoms with Gasteiger partial charge in [-0.25, -0.2) is 0 Å². The van der Waals surface area contributed by atoms with Gasteiger partial charge < -0.3 is 10.0 Å². The van der Waals surface area contributed by atoms with E-state index in [0.717, 1.165) is 0 Å². The highest BCUT2D eigenvalue weighted by molar-refractivity contribution is 6.34. The van der Waals surface area contributed by atoms with Crippen LogP contribution in [0, 0.1) is 0 Å². The molecule has 1 fully saturated rings. The van der Waals surface area contributed by atoms with E-state index < -0.39 is 0 Å². The number of benzene rings is 1. The van der Waals surface area contributed by atoms with Crippen LogP contribution >= 0.6 is 23.2 Å². The molecule has 1 aliphatic rings. The Kier molecular flexibility index (Phi) is 3.38. The van der Waals surface area contributed by atoms with E-state index in [4.69, 9.17) is 23.2 Å². The summed E-state index contributed by atoms with van der Waals surface area (Å²) in [6.07, 6.45) is 0.317. The van der Waals surface area contributed by atoms with Crippen molar-refractivity contribution in [3.8, 4) is 0 Å². The number of aliphatic hydroxyl groups excluding tert-OH is 1. The fourth-order valence-electron chi connectivity index (χ4n) is 1.87. The highest BCUT2D eigenvalue weighted by atomic mass is 35.5. The molecule has 2 rings (SSSR count). The lowest BCUT2D eigenvalue weighted by molar-refractivity contribution is -0.117. The first-order valence-electron chi connectivity index (χ1n) is 4.96. The molecule has 1 heterocycles. The highest BCUT2D eigenvalue weighted by Gasteiger charge is 2.31. The third kappa shape index (κ3) is 2.03. The van der Waals surface area contributed by atoms with Crippen molar-refractivity contribution in [1.29, 1.82) is 0 Å². The van der Waals surface area contributed by atoms with Gasteiger partial charge in [-0.2, -0.15) is 0 Å². The van der Waals surface area contributed by atoms with E-state index in [2.05, 4.69) is 0 Å². The number of halogens is 2. The zero-order chi connectivity index (χ0) is 11.7. The molecule has 1 aromatic rings. The van der Waals surface area contributed by atoms with Gasteiger partial charge in [0.05, 0.1) is 22.7 Å². The van der Waals surface area contributed by atoms with Gasteiger partial charge in [-0.05, 0) is 6.07 Å². The number of hydrogen-bond donors (Lipinski definition) is 1. The second kappa shape index (κ2) is 4.62. The van der Waals surface area contributed by atoms with Crippen LogP contribution in [0.3, 0.4) is 0 Å². The van der Waals surface area contributed by atoms with Crippen LogP contribution < -0.4 is 4.90 Å². The lowest BCUT2D eigenvalue weighted by Crippen LogP contribution is -2.26. The molecule has 16 heavy (non-hydrogen) atoms. The molecule has 1 amide bonds. The van der Waals surface area contributed by atoms with Gasteiger partial charge in [-0.15, -0.1) is 11.6 Å². The molecule has 0 radical (unpaired) electrons. The van der Waals surface area contributed by atoms with Gasteiger partial charge in [0.2, 0.25) is 5.91 Å². The second-order valence-corrected chi connectivity index (χ2v) is 4.74. The van der Waals surface area contributed by atoms with E-state index >= 15 is 0 Å². The summed E-state index contributed by atoms with van der Waals surface area (Å²) in [5.41, 5.74) is 1.23. The molecule has 0 aliphatic carbocycles. The van der Waals surface area contributed by atoms with Gasteiger partial charge in [-0.3, -0.25) is 4.79 Å². The van der Waals surface area contributed by atoms with Gasteiger partial charge in [0.1, 0.15) is 0 Å². The Hall–Kier alpha value is -0.770. The van der Waals surface area contributed by atoms with Crippen molar-refractivity contribution in [2.75, 3.05) is 11.4 Å². The number of aliphatic hydroxyl groups is 1. The Bertz CT molecular complexity index is 422. The first kappa shape index (κ1) is 11.7. The van der Waals surface area contributed by atoms with Crippen molar-refractivity contribution in [2.45, 2.75) is 18.4 Å². The van der Waals surface area contributed by atoms with Crippen LogP contribution in [-0.4, -0.2) is 22.9 Å². The Morgan fingerprint density at radius 3 is 2.81 bits per heavy atom. The summed E-state index contributed by atoms with van der Waals surface area (Å²) in [6, 6.07) is 5.19. The molecule has 1 aliphatic heterocycles. The first-order valence-corrected chi connectivity index (χ1v) is 5.77. The van der Waals surface area contributed by atoms with Gasteiger partial charge in [0.15, 0.2) is 0 Å². The summed E-state index contributed by atoms with van der Waals surface area (Å²) in [6.45, 7) is 0.295. The molecule has 0 bridgehead atoms. The minimum atomic E-state index is -0.185. The second-order valence-electron chi connectivity index (χ2n) is 3.71. The van der Waals surface area contributed by atoms with Crippen molar-refractivity contribution in [1.82, 2.24) is 0 Å². The number of carbonyl (C=O) groups excluding carboxylic acids is 1. The van der Waals surface area contributed by atoms with Gasteiger partial charge in [-0.1, -0.05) is 23.7 Å². The minimum absolute atomic E-state index is 0.0530. The van der Waals surface area contributed by atoms with E-state index in [1.54, 1.807) is 23.1 Å². The van der Waals surface area contributed by atoms with Crippen LogP contribution in [0.1, 0.15) is 12.0 Å². The zero-order valence-corrected chi connectivity index (χ0v) is 10.0. The smallest absolute Gasteiger partial charge is 0.228 e. The molecule has 1 unspecified atom stereocenters. The van der Waals surface area contributed by atoms with E-state index in [1.165, 1.54) is 0 Å². The number of carbonyl (C=O) groups is 1. The van der Waals surface area contributed by atoms with Crippen molar-refractivity contribution in [3.05, 3.63) is 28.8 Å². The molecule has 1 N–H and O–H groups in total. The SMILES string of the molecule is O=C1CC(Cl)CN1c1c(Cl)cccc1CO. The molecule has 1 saturated heterocycles. The topological polar surface area (TPSA) is 40.5 Å². The summed E-state index contributed by atoms with van der Waals surface area (Å²) in [5, 5.41) is 9.50. The third-order valence-corrected chi connectivity index (χ3v) is 3.19. The Balaban J connectivity index is 2.43. The molecule has 0 spiro atoms. The standard InChI is InChI=1S/C11H11Cl2NO2/c12-8-4-10(16)14(5-8)11-7(6-15)2-1-3-9(11)13/h1-3,8,15H,4-6H2. The summed E-state index contributed by atoms with van der Waals surface area (Å²) >= 11 is 12.0. The normalized spacial score (nSPS) is 20.6. The lowest BCUT2D eigenvalue weighted by Gasteiger charge is -2.20. The molecular formula is C11H11Cl2NO2. The average Bonchev–Trinajstić information content (AvgIpc) is 2.57. The van der Waals surface area contributed by atoms with Crippen molar-refractivity contribution >= 4 is 34.8 Å². The summed E-state index contributed by atoms with van der Waals surface area (Å²) in [7, 11) is 0. The first-order chi connectivity index (χ1) is 7.63. The van der Waals surface area contributed by atoms with Gasteiger partial charge in [0.25, 0.3) is 0 Å². The summed E-state index contributed by atoms with van der Waals surface area (Å²) < 4.78 is 0. The quantitative estimate of drug-likeness (QED) is 0.828. The van der Waals surface area contributed by atoms with E-state index in [-0.39, 0.29) is 17.9 Å². The van der Waals surface area contributed by atoms with Crippen molar-refractivity contribution in [3.63, 3.8) is 0 Å². The molecule has 0 aromatic heterocycles. The maximum atomic E-state index is 11.7. The number of nitrogens with zero attached hydrogens (tertiary/aromatic N) is 1. The van der Waals surface area contributed by atoms with Crippen LogP contribution in [0.15, 0.2) is 18.2 Å². The van der Waals surface area contributed by atoms with Gasteiger partial charge in [0, 0.05) is 18.5 Å². The summed E-state index contributed by atoms with van der Waals surface area (Å²) in [4.78, 5) is 13.3. The molecule has 3 nitrogen and oxygen atoms in total.